The van der Waals surface area contributed by atoms with Crippen LogP contribution in [-0.4, -0.2) is 36.5 Å². The molecule has 0 fully saturated rings. The number of aliphatic hydroxyl groups is 2. The van der Waals surface area contributed by atoms with Gasteiger partial charge in [0, 0.05) is 37.0 Å². The van der Waals surface area contributed by atoms with Crippen LogP contribution in [-0.2, 0) is 0 Å². The maximum atomic E-state index is 9.05. The minimum absolute atomic E-state index is 0.0749. The average Bonchev–Trinajstić information content (AvgIpc) is 2.54. The van der Waals surface area contributed by atoms with Crippen molar-refractivity contribution in [2.24, 2.45) is 0 Å². The Kier molecular flexibility index (Phi) is 5.94. The number of hydrogen-bond donors (Lipinski definition) is 2. The second-order valence-electron chi connectivity index (χ2n) is 4.68. The number of hydrogen-bond acceptors (Lipinski definition) is 3. The van der Waals surface area contributed by atoms with Crippen molar-refractivity contribution in [2.75, 3.05) is 31.2 Å². The second-order valence-corrected chi connectivity index (χ2v) is 4.68. The van der Waals surface area contributed by atoms with Crippen LogP contribution in [0.2, 0.25) is 0 Å². The Morgan fingerprint density at radius 2 is 1.62 bits per heavy atom. The summed E-state index contributed by atoms with van der Waals surface area (Å²) in [5, 5.41) is 18.1. The Bertz CT molecular complexity index is 547. The summed E-state index contributed by atoms with van der Waals surface area (Å²) in [7, 11) is 0. The molecule has 0 saturated heterocycles. The molecule has 0 radical (unpaired) electrons. The van der Waals surface area contributed by atoms with E-state index in [2.05, 4.69) is 4.98 Å². The number of H-pyrrole nitrogens is 1. The van der Waals surface area contributed by atoms with E-state index >= 15 is 0 Å². The zero-order chi connectivity index (χ0) is 14.9. The highest BCUT2D eigenvalue weighted by atomic mass is 16.3. The lowest BCUT2D eigenvalue weighted by Crippen LogP contribution is -2.29. The highest BCUT2D eigenvalue weighted by molar-refractivity contribution is 5.68. The van der Waals surface area contributed by atoms with Crippen molar-refractivity contribution in [3.63, 3.8) is 0 Å². The third-order valence-electron chi connectivity index (χ3n) is 3.19. The van der Waals surface area contributed by atoms with Crippen LogP contribution in [0.3, 0.4) is 0 Å². The maximum absolute atomic E-state index is 9.05. The number of aromatic amines is 1. The third kappa shape index (κ3) is 4.70. The molecular weight excluding hydrogens is 264 g/mol. The fourth-order valence-electron chi connectivity index (χ4n) is 2.10. The van der Waals surface area contributed by atoms with Gasteiger partial charge in [-0.25, -0.2) is 4.98 Å². The lowest BCUT2D eigenvalue weighted by atomic mass is 10.1. The zero-order valence-electron chi connectivity index (χ0n) is 11.9. The van der Waals surface area contributed by atoms with E-state index in [1.807, 2.05) is 65.7 Å². The number of aliphatic hydroxyl groups excluding tert-OH is 2. The second kappa shape index (κ2) is 8.19. The standard InChI is InChI=1S/C17H20N2O2/c20-13-11-19(12-14-21)17-8-5-15(6-9-17)4-7-16-3-1-2-10-18-16/h1-10,20-21H,11-14H2/p+1/b7-4+. The van der Waals surface area contributed by atoms with Gasteiger partial charge in [0.15, 0.2) is 6.20 Å². The SMILES string of the molecule is OCCN(CCO)c1ccc(/C=C/c2cccc[nH+]2)cc1. The third-order valence-corrected chi connectivity index (χ3v) is 3.19. The van der Waals surface area contributed by atoms with Crippen LogP contribution in [0.15, 0.2) is 48.7 Å². The minimum Gasteiger partial charge on any atom is -0.395 e. The van der Waals surface area contributed by atoms with Crippen LogP contribution in [0.25, 0.3) is 12.2 Å². The summed E-state index contributed by atoms with van der Waals surface area (Å²) in [5.74, 6) is 0. The molecule has 0 aliphatic heterocycles. The number of pyridine rings is 1. The molecule has 0 saturated carbocycles. The number of aromatic nitrogens is 1. The summed E-state index contributed by atoms with van der Waals surface area (Å²) < 4.78 is 0. The van der Waals surface area contributed by atoms with Gasteiger partial charge in [-0.15, -0.1) is 0 Å². The van der Waals surface area contributed by atoms with E-state index in [9.17, 15) is 0 Å². The molecule has 4 heteroatoms. The average molecular weight is 285 g/mol. The van der Waals surface area contributed by atoms with Crippen molar-refractivity contribution in [1.29, 1.82) is 0 Å². The molecule has 0 unspecified atom stereocenters. The first-order valence-corrected chi connectivity index (χ1v) is 7.05. The smallest absolute Gasteiger partial charge is 0.203 e. The van der Waals surface area contributed by atoms with Crippen molar-refractivity contribution in [3.8, 4) is 0 Å². The molecule has 4 nitrogen and oxygen atoms in total. The molecular formula is C17H21N2O2+. The van der Waals surface area contributed by atoms with Gasteiger partial charge in [-0.1, -0.05) is 12.1 Å². The van der Waals surface area contributed by atoms with Gasteiger partial charge >= 0.3 is 0 Å². The molecule has 1 aromatic heterocycles. The summed E-state index contributed by atoms with van der Waals surface area (Å²) in [6.45, 7) is 1.19. The molecule has 21 heavy (non-hydrogen) atoms. The molecule has 0 aliphatic rings. The minimum atomic E-state index is 0.0749. The summed E-state index contributed by atoms with van der Waals surface area (Å²) in [4.78, 5) is 5.11. The van der Waals surface area contributed by atoms with Crippen LogP contribution < -0.4 is 9.88 Å². The Hall–Kier alpha value is -2.17. The van der Waals surface area contributed by atoms with Crippen LogP contribution in [0.1, 0.15) is 11.3 Å². The van der Waals surface area contributed by atoms with Gasteiger partial charge in [-0.05, 0) is 29.8 Å². The largest absolute Gasteiger partial charge is 0.395 e. The highest BCUT2D eigenvalue weighted by Crippen LogP contribution is 2.16. The van der Waals surface area contributed by atoms with Crippen molar-refractivity contribution in [3.05, 3.63) is 59.9 Å². The normalized spacial score (nSPS) is 11.0. The predicted molar refractivity (Wildman–Crippen MR) is 84.8 cm³/mol. The van der Waals surface area contributed by atoms with E-state index in [-0.39, 0.29) is 13.2 Å². The number of nitrogens with one attached hydrogen (secondary N) is 1. The highest BCUT2D eigenvalue weighted by Gasteiger charge is 2.04. The van der Waals surface area contributed by atoms with Crippen molar-refractivity contribution in [2.45, 2.75) is 0 Å². The molecule has 0 amide bonds. The number of anilines is 1. The first-order valence-electron chi connectivity index (χ1n) is 7.05. The van der Waals surface area contributed by atoms with Gasteiger partial charge in [-0.3, -0.25) is 0 Å². The summed E-state index contributed by atoms with van der Waals surface area (Å²) in [6, 6.07) is 14.0. The van der Waals surface area contributed by atoms with Crippen LogP contribution >= 0.6 is 0 Å². The fourth-order valence-corrected chi connectivity index (χ4v) is 2.10. The Morgan fingerprint density at radius 3 is 2.19 bits per heavy atom. The number of benzene rings is 1. The topological polar surface area (TPSA) is 57.8 Å². The van der Waals surface area contributed by atoms with E-state index in [1.54, 1.807) is 0 Å². The molecule has 0 aliphatic carbocycles. The van der Waals surface area contributed by atoms with Gasteiger partial charge in [0.05, 0.1) is 13.2 Å². The summed E-state index contributed by atoms with van der Waals surface area (Å²) >= 11 is 0. The van der Waals surface area contributed by atoms with Gasteiger partial charge in [0.25, 0.3) is 0 Å². The van der Waals surface area contributed by atoms with Crippen LogP contribution in [0.5, 0.6) is 0 Å². The molecule has 3 N–H and O–H groups in total. The molecule has 2 rings (SSSR count). The summed E-state index contributed by atoms with van der Waals surface area (Å²) in [6.07, 6.45) is 5.96. The lowest BCUT2D eigenvalue weighted by molar-refractivity contribution is -0.380. The molecule has 110 valence electrons. The molecule has 1 heterocycles. The van der Waals surface area contributed by atoms with Crippen LogP contribution in [0, 0.1) is 0 Å². The first kappa shape index (κ1) is 15.2. The van der Waals surface area contributed by atoms with E-state index in [0.717, 1.165) is 16.9 Å². The molecule has 2 aromatic rings. The molecule has 0 bridgehead atoms. The number of nitrogens with zero attached hydrogens (tertiary/aromatic N) is 1. The van der Waals surface area contributed by atoms with Gasteiger partial charge in [-0.2, -0.15) is 0 Å². The Labute approximate surface area is 125 Å². The lowest BCUT2D eigenvalue weighted by Gasteiger charge is -2.22. The van der Waals surface area contributed by atoms with Gasteiger partial charge in [0.2, 0.25) is 5.69 Å². The summed E-state index contributed by atoms with van der Waals surface area (Å²) in [5.41, 5.74) is 3.15. The predicted octanol–water partition coefficient (Wildman–Crippen LogP) is 1.46. The Morgan fingerprint density at radius 1 is 0.905 bits per heavy atom. The monoisotopic (exact) mass is 285 g/mol. The van der Waals surface area contributed by atoms with E-state index < -0.39 is 0 Å². The van der Waals surface area contributed by atoms with E-state index in [4.69, 9.17) is 10.2 Å². The number of rotatable bonds is 7. The van der Waals surface area contributed by atoms with Crippen molar-refractivity contribution in [1.82, 2.24) is 0 Å². The quantitative estimate of drug-likeness (QED) is 0.810. The van der Waals surface area contributed by atoms with Crippen LogP contribution in [0.4, 0.5) is 5.69 Å². The molecule has 0 spiro atoms. The maximum Gasteiger partial charge on any atom is 0.203 e. The van der Waals surface area contributed by atoms with Crippen molar-refractivity contribution >= 4 is 17.8 Å². The van der Waals surface area contributed by atoms with Gasteiger partial charge < -0.3 is 15.1 Å². The molecule has 1 aromatic carbocycles. The molecule has 0 atom stereocenters. The zero-order valence-corrected chi connectivity index (χ0v) is 11.9. The Balaban J connectivity index is 2.06. The fraction of sp³-hybridized carbons (Fsp3) is 0.235. The van der Waals surface area contributed by atoms with Gasteiger partial charge in [0.1, 0.15) is 0 Å². The van der Waals surface area contributed by atoms with Crippen molar-refractivity contribution < 1.29 is 15.2 Å². The first-order chi connectivity index (χ1) is 10.3. The van der Waals surface area contributed by atoms with E-state index in [0.29, 0.717) is 13.1 Å². The van der Waals surface area contributed by atoms with E-state index in [1.165, 1.54) is 0 Å².